The minimum atomic E-state index is 0.488. The van der Waals surface area contributed by atoms with Crippen molar-refractivity contribution in [1.82, 2.24) is 0 Å². The fraction of sp³-hybridized carbons (Fsp3) is 0.250. The van der Waals surface area contributed by atoms with Gasteiger partial charge in [0.15, 0.2) is 0 Å². The molecule has 0 radical (unpaired) electrons. The molecule has 0 saturated carbocycles. The second-order valence-electron chi connectivity index (χ2n) is 4.82. The molecule has 3 rings (SSSR count). The van der Waals surface area contributed by atoms with Gasteiger partial charge in [-0.25, -0.2) is 0 Å². The predicted molar refractivity (Wildman–Crippen MR) is 87.3 cm³/mol. The van der Waals surface area contributed by atoms with Gasteiger partial charge in [0.25, 0.3) is 0 Å². The van der Waals surface area contributed by atoms with Crippen LogP contribution < -0.4 is 10.5 Å². The zero-order chi connectivity index (χ0) is 13.9. The summed E-state index contributed by atoms with van der Waals surface area (Å²) in [5, 5.41) is 0.488. The van der Waals surface area contributed by atoms with Crippen LogP contribution in [0.4, 0.5) is 0 Å². The quantitative estimate of drug-likeness (QED) is 0.905. The second-order valence-corrected chi connectivity index (χ2v) is 7.08. The number of nitrogens with two attached hydrogens (primary N) is 1. The Morgan fingerprint density at radius 1 is 1.25 bits per heavy atom. The monoisotopic (exact) mass is 349 g/mol. The Kier molecular flexibility index (Phi) is 4.34. The molecule has 2 nitrogen and oxygen atoms in total. The van der Waals surface area contributed by atoms with Crippen LogP contribution in [0, 0.1) is 0 Å². The fourth-order valence-corrected chi connectivity index (χ4v) is 4.00. The first-order chi connectivity index (χ1) is 9.76. The summed E-state index contributed by atoms with van der Waals surface area (Å²) in [5.74, 6) is 0.896. The van der Waals surface area contributed by atoms with Crippen LogP contribution in [0.5, 0.6) is 5.75 Å². The van der Waals surface area contributed by atoms with E-state index in [4.69, 9.17) is 10.5 Å². The van der Waals surface area contributed by atoms with Crippen molar-refractivity contribution in [2.24, 2.45) is 5.73 Å². The molecule has 0 saturated heterocycles. The maximum absolute atomic E-state index is 5.98. The maximum atomic E-state index is 5.98. The van der Waals surface area contributed by atoms with Crippen LogP contribution in [0.3, 0.4) is 0 Å². The third kappa shape index (κ3) is 3.03. The van der Waals surface area contributed by atoms with Crippen molar-refractivity contribution in [1.29, 1.82) is 0 Å². The SMILES string of the molecule is NCc1cc(Br)ccc1OCC1Cc2ccccc2S1. The molecule has 20 heavy (non-hydrogen) atoms. The summed E-state index contributed by atoms with van der Waals surface area (Å²) < 4.78 is 7.01. The summed E-state index contributed by atoms with van der Waals surface area (Å²) >= 11 is 5.37. The van der Waals surface area contributed by atoms with Crippen LogP contribution in [-0.2, 0) is 13.0 Å². The summed E-state index contributed by atoms with van der Waals surface area (Å²) in [7, 11) is 0. The minimum Gasteiger partial charge on any atom is -0.492 e. The van der Waals surface area contributed by atoms with E-state index in [2.05, 4.69) is 40.2 Å². The molecule has 2 aromatic carbocycles. The summed E-state index contributed by atoms with van der Waals surface area (Å²) in [6, 6.07) is 14.6. The normalized spacial score (nSPS) is 17.0. The van der Waals surface area contributed by atoms with Crippen molar-refractivity contribution in [2.75, 3.05) is 6.61 Å². The van der Waals surface area contributed by atoms with Gasteiger partial charge in [0.2, 0.25) is 0 Å². The minimum absolute atomic E-state index is 0.488. The number of halogens is 1. The highest BCUT2D eigenvalue weighted by atomic mass is 79.9. The van der Waals surface area contributed by atoms with Gasteiger partial charge < -0.3 is 10.5 Å². The van der Waals surface area contributed by atoms with Crippen LogP contribution in [0.25, 0.3) is 0 Å². The van der Waals surface area contributed by atoms with E-state index in [1.807, 2.05) is 30.0 Å². The number of thioether (sulfide) groups is 1. The Hall–Kier alpha value is -0.970. The van der Waals surface area contributed by atoms with E-state index in [0.29, 0.717) is 18.4 Å². The average molecular weight is 350 g/mol. The highest BCUT2D eigenvalue weighted by Gasteiger charge is 2.22. The first-order valence-electron chi connectivity index (χ1n) is 6.62. The zero-order valence-electron chi connectivity index (χ0n) is 11.0. The molecule has 2 N–H and O–H groups in total. The molecular weight excluding hydrogens is 334 g/mol. The first kappa shape index (κ1) is 14.0. The lowest BCUT2D eigenvalue weighted by Crippen LogP contribution is -2.14. The van der Waals surface area contributed by atoms with Crippen LogP contribution in [-0.4, -0.2) is 11.9 Å². The Morgan fingerprint density at radius 2 is 2.10 bits per heavy atom. The zero-order valence-corrected chi connectivity index (χ0v) is 13.4. The van der Waals surface area contributed by atoms with E-state index in [1.165, 1.54) is 10.5 Å². The fourth-order valence-electron chi connectivity index (χ4n) is 2.38. The Labute approximate surface area is 131 Å². The van der Waals surface area contributed by atoms with Crippen LogP contribution >= 0.6 is 27.7 Å². The van der Waals surface area contributed by atoms with Gasteiger partial charge in [-0.3, -0.25) is 0 Å². The highest BCUT2D eigenvalue weighted by molar-refractivity contribution is 9.10. The molecule has 0 fully saturated rings. The molecule has 104 valence electrons. The number of benzene rings is 2. The number of hydrogen-bond acceptors (Lipinski definition) is 3. The van der Waals surface area contributed by atoms with E-state index in [1.54, 1.807) is 0 Å². The molecule has 1 unspecified atom stereocenters. The summed E-state index contributed by atoms with van der Waals surface area (Å²) in [6.45, 7) is 1.21. The van der Waals surface area contributed by atoms with Crippen LogP contribution in [0.15, 0.2) is 51.8 Å². The molecule has 0 amide bonds. The van der Waals surface area contributed by atoms with Crippen molar-refractivity contribution in [2.45, 2.75) is 23.1 Å². The molecule has 1 aliphatic rings. The van der Waals surface area contributed by atoms with E-state index in [-0.39, 0.29) is 0 Å². The number of hydrogen-bond donors (Lipinski definition) is 1. The van der Waals surface area contributed by atoms with Gasteiger partial charge in [-0.05, 0) is 36.2 Å². The number of fused-ring (bicyclic) bond motifs is 1. The third-order valence-corrected chi connectivity index (χ3v) is 5.16. The van der Waals surface area contributed by atoms with E-state index in [9.17, 15) is 0 Å². The molecule has 0 bridgehead atoms. The largest absolute Gasteiger partial charge is 0.492 e. The standard InChI is InChI=1S/C16H16BrNOS/c17-13-5-6-15(12(7-13)9-18)19-10-14-8-11-3-1-2-4-16(11)20-14/h1-7,14H,8-10,18H2. The van der Waals surface area contributed by atoms with Gasteiger partial charge in [0.05, 0.1) is 0 Å². The average Bonchev–Trinajstić information content (AvgIpc) is 2.88. The summed E-state index contributed by atoms with van der Waals surface area (Å²) in [6.07, 6.45) is 1.08. The van der Waals surface area contributed by atoms with Crippen molar-refractivity contribution >= 4 is 27.7 Å². The number of ether oxygens (including phenoxy) is 1. The molecule has 4 heteroatoms. The number of rotatable bonds is 4. The molecule has 0 spiro atoms. The molecule has 0 aliphatic carbocycles. The van der Waals surface area contributed by atoms with Gasteiger partial charge >= 0.3 is 0 Å². The smallest absolute Gasteiger partial charge is 0.123 e. The molecule has 1 heterocycles. The van der Waals surface area contributed by atoms with Gasteiger partial charge in [-0.15, -0.1) is 11.8 Å². The van der Waals surface area contributed by atoms with Gasteiger partial charge in [0, 0.05) is 26.7 Å². The molecular formula is C16H16BrNOS. The summed E-state index contributed by atoms with van der Waals surface area (Å²) in [4.78, 5) is 1.39. The van der Waals surface area contributed by atoms with Crippen LogP contribution in [0.1, 0.15) is 11.1 Å². The van der Waals surface area contributed by atoms with Crippen molar-refractivity contribution in [3.05, 3.63) is 58.1 Å². The van der Waals surface area contributed by atoms with Gasteiger partial charge in [-0.2, -0.15) is 0 Å². The lowest BCUT2D eigenvalue weighted by molar-refractivity contribution is 0.314. The van der Waals surface area contributed by atoms with E-state index >= 15 is 0 Å². The topological polar surface area (TPSA) is 35.2 Å². The lowest BCUT2D eigenvalue weighted by Gasteiger charge is -2.14. The lowest BCUT2D eigenvalue weighted by atomic mass is 10.1. The van der Waals surface area contributed by atoms with Gasteiger partial charge in [0.1, 0.15) is 12.4 Å². The second kappa shape index (κ2) is 6.20. The van der Waals surface area contributed by atoms with Crippen molar-refractivity contribution < 1.29 is 4.74 Å². The van der Waals surface area contributed by atoms with E-state index in [0.717, 1.165) is 22.2 Å². The Bertz CT molecular complexity index is 592. The van der Waals surface area contributed by atoms with Crippen molar-refractivity contribution in [3.63, 3.8) is 0 Å². The predicted octanol–water partition coefficient (Wildman–Crippen LogP) is 4.00. The molecule has 0 aromatic heterocycles. The van der Waals surface area contributed by atoms with E-state index < -0.39 is 0 Å². The third-order valence-electron chi connectivity index (χ3n) is 3.38. The Balaban J connectivity index is 1.64. The Morgan fingerprint density at radius 3 is 2.90 bits per heavy atom. The first-order valence-corrected chi connectivity index (χ1v) is 8.29. The van der Waals surface area contributed by atoms with Crippen molar-refractivity contribution in [3.8, 4) is 5.75 Å². The molecule has 1 aliphatic heterocycles. The highest BCUT2D eigenvalue weighted by Crippen LogP contribution is 2.37. The molecule has 1 atom stereocenters. The molecule has 2 aromatic rings. The summed E-state index contributed by atoms with van der Waals surface area (Å²) in [5.41, 5.74) is 8.24. The maximum Gasteiger partial charge on any atom is 0.123 e. The van der Waals surface area contributed by atoms with Crippen LogP contribution in [0.2, 0.25) is 0 Å². The van der Waals surface area contributed by atoms with Gasteiger partial charge in [-0.1, -0.05) is 34.1 Å².